The van der Waals surface area contributed by atoms with Crippen molar-refractivity contribution in [1.29, 1.82) is 0 Å². The van der Waals surface area contributed by atoms with Gasteiger partial charge in [-0.15, -0.1) is 0 Å². The number of carbonyl (C=O) groups is 1. The first-order valence-corrected chi connectivity index (χ1v) is 10.7. The lowest BCUT2D eigenvalue weighted by molar-refractivity contribution is 0.0696. The first-order valence-electron chi connectivity index (χ1n) is 9.12. The maximum absolute atomic E-state index is 12.2. The van der Waals surface area contributed by atoms with E-state index in [1.165, 1.54) is 6.07 Å². The van der Waals surface area contributed by atoms with Crippen molar-refractivity contribution in [3.8, 4) is 11.5 Å². The minimum absolute atomic E-state index is 0.0247. The molecule has 0 fully saturated rings. The molecule has 0 aliphatic rings. The highest BCUT2D eigenvalue weighted by molar-refractivity contribution is 7.89. The van der Waals surface area contributed by atoms with Crippen molar-refractivity contribution in [2.45, 2.75) is 37.5 Å². The highest BCUT2D eigenvalue weighted by Crippen LogP contribution is 2.39. The van der Waals surface area contributed by atoms with Gasteiger partial charge in [-0.2, -0.15) is 0 Å². The van der Waals surface area contributed by atoms with E-state index in [1.807, 2.05) is 6.07 Å². The van der Waals surface area contributed by atoms with Crippen molar-refractivity contribution >= 4 is 21.7 Å². The van der Waals surface area contributed by atoms with Crippen LogP contribution in [0.5, 0.6) is 11.5 Å². The van der Waals surface area contributed by atoms with Gasteiger partial charge in [0.15, 0.2) is 5.75 Å². The fourth-order valence-corrected chi connectivity index (χ4v) is 3.51. The molecule has 0 amide bonds. The number of rotatable bonds is 10. The quantitative estimate of drug-likeness (QED) is 0.580. The van der Waals surface area contributed by atoms with Crippen molar-refractivity contribution in [2.75, 3.05) is 18.5 Å². The normalized spacial score (nSPS) is 11.2. The highest BCUT2D eigenvalue weighted by Gasteiger charge is 2.25. The zero-order chi connectivity index (χ0) is 20.7. The third-order valence-electron chi connectivity index (χ3n) is 4.31. The summed E-state index contributed by atoms with van der Waals surface area (Å²) in [7, 11) is -2.43. The number of ether oxygens (including phenoxy) is 1. The number of anilines is 1. The van der Waals surface area contributed by atoms with Gasteiger partial charge in [-0.3, -0.25) is 0 Å². The predicted octanol–water partition coefficient (Wildman–Crippen LogP) is 3.84. The highest BCUT2D eigenvalue weighted by atomic mass is 32.2. The molecule has 0 spiro atoms. The summed E-state index contributed by atoms with van der Waals surface area (Å²) >= 11 is 0. The Labute approximate surface area is 165 Å². The van der Waals surface area contributed by atoms with E-state index in [4.69, 9.17) is 9.88 Å². The number of carboxylic acid groups (broad SMARTS) is 1. The third-order valence-corrected chi connectivity index (χ3v) is 5.23. The number of para-hydroxylation sites is 1. The third kappa shape index (κ3) is 5.71. The summed E-state index contributed by atoms with van der Waals surface area (Å²) in [5.74, 6) is -0.787. The number of hydrogen-bond acceptors (Lipinski definition) is 5. The second-order valence-corrected chi connectivity index (χ2v) is 8.10. The maximum Gasteiger partial charge on any atom is 0.335 e. The molecular weight excluding hydrogens is 380 g/mol. The molecule has 28 heavy (non-hydrogen) atoms. The van der Waals surface area contributed by atoms with Crippen molar-refractivity contribution in [3.05, 3.63) is 48.0 Å². The Morgan fingerprint density at radius 2 is 1.82 bits per heavy atom. The average molecular weight is 407 g/mol. The lowest BCUT2D eigenvalue weighted by Gasteiger charge is -2.24. The van der Waals surface area contributed by atoms with Gasteiger partial charge >= 0.3 is 5.97 Å². The van der Waals surface area contributed by atoms with E-state index < -0.39 is 16.0 Å². The van der Waals surface area contributed by atoms with Crippen LogP contribution in [0.4, 0.5) is 5.69 Å². The van der Waals surface area contributed by atoms with Crippen LogP contribution in [0, 0.1) is 0 Å². The first kappa shape index (κ1) is 21.7. The second kappa shape index (κ2) is 9.57. The van der Waals surface area contributed by atoms with Crippen molar-refractivity contribution in [3.63, 3.8) is 0 Å². The van der Waals surface area contributed by atoms with E-state index in [9.17, 15) is 18.3 Å². The Hall–Kier alpha value is -2.58. The van der Waals surface area contributed by atoms with Crippen LogP contribution in [0.15, 0.2) is 47.4 Å². The minimum Gasteiger partial charge on any atom is -0.478 e. The molecule has 152 valence electrons. The van der Waals surface area contributed by atoms with Crippen LogP contribution in [0.1, 0.15) is 43.0 Å². The second-order valence-electron chi connectivity index (χ2n) is 6.57. The monoisotopic (exact) mass is 406 g/mol. The Bertz CT molecular complexity index is 914. The van der Waals surface area contributed by atoms with Gasteiger partial charge in [0.05, 0.1) is 11.3 Å². The molecular formula is C20H26N2O5S. The number of nitrogens with zero attached hydrogens (tertiary/aromatic N) is 1. The number of sulfonamides is 1. The lowest BCUT2D eigenvalue weighted by atomic mass is 10.1. The van der Waals surface area contributed by atoms with Gasteiger partial charge in [-0.1, -0.05) is 44.4 Å². The molecule has 0 saturated heterocycles. The Morgan fingerprint density at radius 3 is 2.39 bits per heavy atom. The summed E-state index contributed by atoms with van der Waals surface area (Å²) in [6.45, 7) is 2.74. The van der Waals surface area contributed by atoms with Gasteiger partial charge in [0, 0.05) is 13.6 Å². The number of carboxylic acids is 1. The molecule has 3 N–H and O–H groups in total. The summed E-state index contributed by atoms with van der Waals surface area (Å²) in [4.78, 5) is 13.0. The molecule has 0 saturated carbocycles. The van der Waals surface area contributed by atoms with Crippen LogP contribution in [-0.4, -0.2) is 33.1 Å². The van der Waals surface area contributed by atoms with Crippen LogP contribution in [0.2, 0.25) is 0 Å². The van der Waals surface area contributed by atoms with E-state index in [1.54, 1.807) is 36.2 Å². The molecule has 0 radical (unpaired) electrons. The number of nitrogens with two attached hydrogens (primary N) is 1. The van der Waals surface area contributed by atoms with E-state index in [0.29, 0.717) is 18.0 Å². The minimum atomic E-state index is -4.21. The standard InChI is InChI=1S/C20H26N2O5S/c1-3-4-5-9-12-22(2)17-13-15(20(23)24)14-18(28(21,25)26)19(17)27-16-10-7-6-8-11-16/h6-8,10-11,13-14H,3-5,9,12H2,1-2H3,(H,23,24)(H2,21,25,26). The molecule has 7 nitrogen and oxygen atoms in total. The van der Waals surface area contributed by atoms with Gasteiger partial charge in [-0.05, 0) is 30.7 Å². The molecule has 0 aliphatic carbocycles. The van der Waals surface area contributed by atoms with E-state index >= 15 is 0 Å². The van der Waals surface area contributed by atoms with Crippen molar-refractivity contribution < 1.29 is 23.1 Å². The zero-order valence-corrected chi connectivity index (χ0v) is 16.9. The molecule has 0 heterocycles. The van der Waals surface area contributed by atoms with E-state index in [0.717, 1.165) is 31.7 Å². The van der Waals surface area contributed by atoms with Gasteiger partial charge in [-0.25, -0.2) is 18.4 Å². The SMILES string of the molecule is CCCCCCN(C)c1cc(C(=O)O)cc(S(N)(=O)=O)c1Oc1ccccc1. The van der Waals surface area contributed by atoms with Gasteiger partial charge < -0.3 is 14.7 Å². The number of primary sulfonamides is 1. The summed E-state index contributed by atoms with van der Waals surface area (Å²) in [6.07, 6.45) is 4.10. The predicted molar refractivity (Wildman–Crippen MR) is 109 cm³/mol. The Kier molecular flexibility index (Phi) is 7.42. The Balaban J connectivity index is 2.54. The molecule has 0 aromatic heterocycles. The summed E-state index contributed by atoms with van der Waals surface area (Å²) < 4.78 is 30.2. The Morgan fingerprint density at radius 1 is 1.14 bits per heavy atom. The summed E-state index contributed by atoms with van der Waals surface area (Å²) in [5, 5.41) is 14.8. The zero-order valence-electron chi connectivity index (χ0n) is 16.1. The largest absolute Gasteiger partial charge is 0.478 e. The number of hydrogen-bond donors (Lipinski definition) is 2. The van der Waals surface area contributed by atoms with Crippen molar-refractivity contribution in [2.24, 2.45) is 5.14 Å². The lowest BCUT2D eigenvalue weighted by Crippen LogP contribution is -2.22. The molecule has 0 aliphatic heterocycles. The summed E-state index contributed by atoms with van der Waals surface area (Å²) in [5.41, 5.74) is 0.198. The first-order chi connectivity index (χ1) is 13.2. The number of unbranched alkanes of at least 4 members (excludes halogenated alkanes) is 3. The van der Waals surface area contributed by atoms with Crippen LogP contribution >= 0.6 is 0 Å². The van der Waals surface area contributed by atoms with Crippen LogP contribution in [0.25, 0.3) is 0 Å². The van der Waals surface area contributed by atoms with Crippen LogP contribution < -0.4 is 14.8 Å². The summed E-state index contributed by atoms with van der Waals surface area (Å²) in [6, 6.07) is 11.1. The number of benzene rings is 2. The molecule has 8 heteroatoms. The van der Waals surface area contributed by atoms with Crippen molar-refractivity contribution in [1.82, 2.24) is 0 Å². The fraction of sp³-hybridized carbons (Fsp3) is 0.350. The molecule has 2 aromatic rings. The van der Waals surface area contributed by atoms with Gasteiger partial charge in [0.1, 0.15) is 10.6 Å². The van der Waals surface area contributed by atoms with Crippen LogP contribution in [-0.2, 0) is 10.0 Å². The number of aromatic carboxylic acids is 1. The van der Waals surface area contributed by atoms with E-state index in [-0.39, 0.29) is 16.2 Å². The molecule has 2 aromatic carbocycles. The molecule has 0 unspecified atom stereocenters. The molecule has 0 atom stereocenters. The van der Waals surface area contributed by atoms with Gasteiger partial charge in [0.25, 0.3) is 0 Å². The van der Waals surface area contributed by atoms with Gasteiger partial charge in [0.2, 0.25) is 10.0 Å². The van der Waals surface area contributed by atoms with Crippen LogP contribution in [0.3, 0.4) is 0 Å². The maximum atomic E-state index is 12.2. The van der Waals surface area contributed by atoms with E-state index in [2.05, 4.69) is 6.92 Å². The smallest absolute Gasteiger partial charge is 0.335 e. The molecule has 0 bridgehead atoms. The topological polar surface area (TPSA) is 110 Å². The fourth-order valence-electron chi connectivity index (χ4n) is 2.81. The molecule has 2 rings (SSSR count). The average Bonchev–Trinajstić information content (AvgIpc) is 2.65.